The second-order valence-electron chi connectivity index (χ2n) is 9.73. The van der Waals surface area contributed by atoms with E-state index in [1.807, 2.05) is 61.5 Å². The second kappa shape index (κ2) is 10.9. The van der Waals surface area contributed by atoms with Crippen LogP contribution in [0.2, 0.25) is 0 Å². The molecule has 0 aliphatic heterocycles. The number of carbonyl (C=O) groups excluding carboxylic acids is 1. The molecule has 7 nitrogen and oxygen atoms in total. The number of benzene rings is 4. The number of carbonyl (C=O) groups is 1. The van der Waals surface area contributed by atoms with Gasteiger partial charge in [0.25, 0.3) is 5.91 Å². The molecular formula is C32H25BrN4O3S. The number of anilines is 1. The maximum absolute atomic E-state index is 14.3. The maximum atomic E-state index is 14.3. The third kappa shape index (κ3) is 5.26. The summed E-state index contributed by atoms with van der Waals surface area (Å²) < 4.78 is 31.2. The average molecular weight is 626 g/mol. The summed E-state index contributed by atoms with van der Waals surface area (Å²) in [6.07, 6.45) is 0.586. The van der Waals surface area contributed by atoms with Gasteiger partial charge in [-0.25, -0.2) is 18.4 Å². The van der Waals surface area contributed by atoms with Gasteiger partial charge in [-0.3, -0.25) is 4.79 Å². The molecule has 2 aromatic heterocycles. The topological polar surface area (TPSA) is 94.0 Å². The number of aryl methyl sites for hydroxylation is 3. The molecule has 0 saturated carbocycles. The van der Waals surface area contributed by atoms with Crippen molar-refractivity contribution < 1.29 is 13.2 Å². The molecule has 6 rings (SSSR count). The van der Waals surface area contributed by atoms with Crippen molar-refractivity contribution in [3.05, 3.63) is 124 Å². The van der Waals surface area contributed by atoms with Crippen molar-refractivity contribution in [1.29, 1.82) is 0 Å². The molecule has 2 heterocycles. The first kappa shape index (κ1) is 26.9. The molecule has 0 atom stereocenters. The molecule has 0 unspecified atom stereocenters. The number of fused-ring (bicyclic) bond motifs is 2. The van der Waals surface area contributed by atoms with Crippen LogP contribution in [0.25, 0.3) is 22.2 Å². The van der Waals surface area contributed by atoms with E-state index in [0.29, 0.717) is 35.2 Å². The van der Waals surface area contributed by atoms with Gasteiger partial charge in [-0.05, 0) is 61.4 Å². The maximum Gasteiger partial charge on any atom is 0.256 e. The SMILES string of the molecule is Cc1ccc(S(=O)(=O)c2c(NC(=O)c3cccc(Br)c3)n(CCc3ccccc3)c3nc4ccccc4nc23)cc1. The summed E-state index contributed by atoms with van der Waals surface area (Å²) in [7, 11) is -4.13. The number of hydrogen-bond donors (Lipinski definition) is 1. The molecular weight excluding hydrogens is 600 g/mol. The number of nitrogens with zero attached hydrogens (tertiary/aromatic N) is 3. The quantitative estimate of drug-likeness (QED) is 0.207. The number of amides is 1. The summed E-state index contributed by atoms with van der Waals surface area (Å²) >= 11 is 3.42. The normalized spacial score (nSPS) is 11.7. The Labute approximate surface area is 245 Å². The molecule has 1 amide bonds. The van der Waals surface area contributed by atoms with Crippen LogP contribution in [0.1, 0.15) is 21.5 Å². The Morgan fingerprint density at radius 1 is 0.854 bits per heavy atom. The number of hydrogen-bond acceptors (Lipinski definition) is 5. The zero-order chi connectivity index (χ0) is 28.6. The minimum Gasteiger partial charge on any atom is -0.309 e. The fourth-order valence-corrected chi connectivity index (χ4v) is 6.74. The van der Waals surface area contributed by atoms with Gasteiger partial charge >= 0.3 is 0 Å². The molecule has 41 heavy (non-hydrogen) atoms. The van der Waals surface area contributed by atoms with Gasteiger partial charge in [0.2, 0.25) is 9.84 Å². The van der Waals surface area contributed by atoms with E-state index in [2.05, 4.69) is 21.2 Å². The van der Waals surface area contributed by atoms with Gasteiger partial charge in [0.1, 0.15) is 16.2 Å². The number of rotatable bonds is 7. The zero-order valence-electron chi connectivity index (χ0n) is 22.1. The summed E-state index contributed by atoms with van der Waals surface area (Å²) in [4.78, 5) is 23.3. The van der Waals surface area contributed by atoms with Gasteiger partial charge in [0.15, 0.2) is 5.65 Å². The van der Waals surface area contributed by atoms with E-state index in [1.165, 1.54) is 0 Å². The molecule has 0 aliphatic rings. The van der Waals surface area contributed by atoms with E-state index in [-0.39, 0.29) is 21.1 Å². The van der Waals surface area contributed by atoms with Gasteiger partial charge in [-0.1, -0.05) is 82.2 Å². The molecule has 0 fully saturated rings. The van der Waals surface area contributed by atoms with Crippen LogP contribution in [0.4, 0.5) is 5.82 Å². The monoisotopic (exact) mass is 624 g/mol. The van der Waals surface area contributed by atoms with Crippen molar-refractivity contribution >= 4 is 59.7 Å². The molecule has 6 aromatic rings. The van der Waals surface area contributed by atoms with Crippen molar-refractivity contribution in [3.8, 4) is 0 Å². The van der Waals surface area contributed by atoms with Crippen molar-refractivity contribution in [2.45, 2.75) is 29.7 Å². The number of sulfone groups is 1. The lowest BCUT2D eigenvalue weighted by atomic mass is 10.1. The lowest BCUT2D eigenvalue weighted by molar-refractivity contribution is 0.102. The molecule has 0 saturated heterocycles. The largest absolute Gasteiger partial charge is 0.309 e. The summed E-state index contributed by atoms with van der Waals surface area (Å²) in [6, 6.07) is 30.8. The number of aromatic nitrogens is 3. The van der Waals surface area contributed by atoms with Crippen molar-refractivity contribution in [2.75, 3.05) is 5.32 Å². The average Bonchev–Trinajstić information content (AvgIpc) is 3.27. The Morgan fingerprint density at radius 2 is 1.54 bits per heavy atom. The number of halogens is 1. The van der Waals surface area contributed by atoms with Gasteiger partial charge < -0.3 is 9.88 Å². The highest BCUT2D eigenvalue weighted by Crippen LogP contribution is 2.37. The Hall–Kier alpha value is -4.34. The molecule has 204 valence electrons. The summed E-state index contributed by atoms with van der Waals surface area (Å²) in [5.41, 5.74) is 4.16. The fraction of sp³-hybridized carbons (Fsp3) is 0.0938. The first-order valence-corrected chi connectivity index (χ1v) is 15.3. The highest BCUT2D eigenvalue weighted by Gasteiger charge is 2.32. The van der Waals surface area contributed by atoms with Crippen LogP contribution in [-0.2, 0) is 22.8 Å². The minimum absolute atomic E-state index is 0.0778. The first-order valence-electron chi connectivity index (χ1n) is 13.0. The smallest absolute Gasteiger partial charge is 0.256 e. The van der Waals surface area contributed by atoms with Gasteiger partial charge in [0, 0.05) is 16.6 Å². The second-order valence-corrected chi connectivity index (χ2v) is 12.5. The highest BCUT2D eigenvalue weighted by molar-refractivity contribution is 9.10. The van der Waals surface area contributed by atoms with E-state index in [1.54, 1.807) is 53.1 Å². The van der Waals surface area contributed by atoms with Crippen LogP contribution >= 0.6 is 15.9 Å². The fourth-order valence-electron chi connectivity index (χ4n) is 4.80. The molecule has 4 aromatic carbocycles. The predicted molar refractivity (Wildman–Crippen MR) is 164 cm³/mol. The van der Waals surface area contributed by atoms with Crippen LogP contribution in [0.3, 0.4) is 0 Å². The molecule has 9 heteroatoms. The van der Waals surface area contributed by atoms with E-state index in [4.69, 9.17) is 9.97 Å². The lowest BCUT2D eigenvalue weighted by Gasteiger charge is -2.14. The Kier molecular flexibility index (Phi) is 7.15. The first-order chi connectivity index (χ1) is 19.8. The Morgan fingerprint density at radius 3 is 2.24 bits per heavy atom. The van der Waals surface area contributed by atoms with Crippen LogP contribution in [0, 0.1) is 6.92 Å². The van der Waals surface area contributed by atoms with Crippen LogP contribution in [0.15, 0.2) is 117 Å². The van der Waals surface area contributed by atoms with E-state index in [9.17, 15) is 13.2 Å². The molecule has 0 bridgehead atoms. The lowest BCUT2D eigenvalue weighted by Crippen LogP contribution is -2.18. The van der Waals surface area contributed by atoms with Crippen LogP contribution < -0.4 is 5.32 Å². The van der Waals surface area contributed by atoms with E-state index < -0.39 is 15.7 Å². The van der Waals surface area contributed by atoms with Crippen LogP contribution in [-0.4, -0.2) is 28.9 Å². The zero-order valence-corrected chi connectivity index (χ0v) is 24.5. The van der Waals surface area contributed by atoms with E-state index in [0.717, 1.165) is 15.6 Å². The predicted octanol–water partition coefficient (Wildman–Crippen LogP) is 6.98. The molecule has 0 radical (unpaired) electrons. The third-order valence-corrected chi connectivity index (χ3v) is 9.20. The number of para-hydroxylation sites is 2. The Bertz CT molecular complexity index is 2020. The minimum atomic E-state index is -4.13. The third-order valence-electron chi connectivity index (χ3n) is 6.89. The van der Waals surface area contributed by atoms with Crippen molar-refractivity contribution in [1.82, 2.24) is 14.5 Å². The van der Waals surface area contributed by atoms with Crippen molar-refractivity contribution in [3.63, 3.8) is 0 Å². The summed E-state index contributed by atoms with van der Waals surface area (Å²) in [5.74, 6) is -0.309. The van der Waals surface area contributed by atoms with Crippen LogP contribution in [0.5, 0.6) is 0 Å². The summed E-state index contributed by atoms with van der Waals surface area (Å²) in [6.45, 7) is 2.26. The van der Waals surface area contributed by atoms with Gasteiger partial charge in [-0.15, -0.1) is 0 Å². The number of nitrogens with one attached hydrogen (secondary N) is 1. The standard InChI is InChI=1S/C32H25BrN4O3S/c1-21-14-16-25(17-15-21)41(39,40)29-28-30(35-27-13-6-5-12-26(27)34-28)37(19-18-22-8-3-2-4-9-22)31(29)36-32(38)23-10-7-11-24(33)20-23/h2-17,20H,18-19H2,1H3,(H,36,38). The summed E-state index contributed by atoms with van der Waals surface area (Å²) in [5, 5.41) is 2.93. The molecule has 0 spiro atoms. The van der Waals surface area contributed by atoms with Gasteiger partial charge in [-0.2, -0.15) is 0 Å². The van der Waals surface area contributed by atoms with Crippen molar-refractivity contribution in [2.24, 2.45) is 0 Å². The highest BCUT2D eigenvalue weighted by atomic mass is 79.9. The van der Waals surface area contributed by atoms with E-state index >= 15 is 0 Å². The van der Waals surface area contributed by atoms with Gasteiger partial charge in [0.05, 0.1) is 15.9 Å². The molecule has 1 N–H and O–H groups in total. The molecule has 0 aliphatic carbocycles. The Balaban J connectivity index is 1.62.